The molecule has 0 spiro atoms. The fourth-order valence-electron chi connectivity index (χ4n) is 2.89. The van der Waals surface area contributed by atoms with Gasteiger partial charge >= 0.3 is 0 Å². The summed E-state index contributed by atoms with van der Waals surface area (Å²) >= 11 is 1.49. The van der Waals surface area contributed by atoms with Gasteiger partial charge in [-0.25, -0.2) is 4.68 Å². The Balaban J connectivity index is 1.32. The molecule has 0 N–H and O–H groups in total. The van der Waals surface area contributed by atoms with E-state index in [9.17, 15) is 4.79 Å². The van der Waals surface area contributed by atoms with Gasteiger partial charge in [0.1, 0.15) is 13.2 Å². The summed E-state index contributed by atoms with van der Waals surface area (Å²) in [5, 5.41) is 4.38. The number of carbonyl (C=O) groups is 1. The van der Waals surface area contributed by atoms with Crippen LogP contribution >= 0.6 is 11.8 Å². The van der Waals surface area contributed by atoms with Crippen molar-refractivity contribution in [1.82, 2.24) is 14.7 Å². The Labute approximate surface area is 168 Å². The quantitative estimate of drug-likeness (QED) is 0.599. The maximum Gasteiger partial charge on any atom is 0.232 e. The molecule has 0 fully saturated rings. The van der Waals surface area contributed by atoms with E-state index in [4.69, 9.17) is 9.47 Å². The van der Waals surface area contributed by atoms with Crippen LogP contribution in [0.3, 0.4) is 0 Å². The van der Waals surface area contributed by atoms with Crippen molar-refractivity contribution >= 4 is 17.7 Å². The van der Waals surface area contributed by atoms with Crippen molar-refractivity contribution in [1.29, 1.82) is 0 Å². The van der Waals surface area contributed by atoms with Crippen LogP contribution in [0.2, 0.25) is 0 Å². The molecule has 0 saturated carbocycles. The number of nitrogens with zero attached hydrogens (tertiary/aromatic N) is 3. The fraction of sp³-hybridized carbons (Fsp3) is 0.238. The van der Waals surface area contributed by atoms with Crippen LogP contribution in [0.15, 0.2) is 65.8 Å². The van der Waals surface area contributed by atoms with Crippen LogP contribution in [0, 0.1) is 0 Å². The minimum absolute atomic E-state index is 0.0624. The van der Waals surface area contributed by atoms with Gasteiger partial charge in [0.2, 0.25) is 5.91 Å². The Morgan fingerprint density at radius 1 is 1.14 bits per heavy atom. The van der Waals surface area contributed by atoms with E-state index in [1.807, 2.05) is 66.5 Å². The third-order valence-corrected chi connectivity index (χ3v) is 5.36. The van der Waals surface area contributed by atoms with Gasteiger partial charge in [-0.3, -0.25) is 4.79 Å². The zero-order chi connectivity index (χ0) is 19.3. The number of para-hydroxylation sites is 1. The fourth-order valence-corrected chi connectivity index (χ4v) is 3.76. The molecule has 1 aliphatic rings. The van der Waals surface area contributed by atoms with Crippen LogP contribution in [0.4, 0.5) is 0 Å². The first-order valence-corrected chi connectivity index (χ1v) is 10.0. The number of amides is 1. The molecule has 0 atom stereocenters. The molecule has 28 heavy (non-hydrogen) atoms. The summed E-state index contributed by atoms with van der Waals surface area (Å²) in [6, 6.07) is 15.7. The highest BCUT2D eigenvalue weighted by molar-refractivity contribution is 8.00. The predicted molar refractivity (Wildman–Crippen MR) is 108 cm³/mol. The molecule has 0 aliphatic carbocycles. The van der Waals surface area contributed by atoms with Gasteiger partial charge in [-0.1, -0.05) is 18.2 Å². The first-order valence-electron chi connectivity index (χ1n) is 9.04. The third kappa shape index (κ3) is 4.31. The van der Waals surface area contributed by atoms with Crippen LogP contribution in [0.25, 0.3) is 5.69 Å². The molecule has 144 valence electrons. The summed E-state index contributed by atoms with van der Waals surface area (Å²) in [5.41, 5.74) is 1.99. The van der Waals surface area contributed by atoms with Gasteiger partial charge in [0.05, 0.1) is 17.6 Å². The van der Waals surface area contributed by atoms with E-state index < -0.39 is 0 Å². The average molecular weight is 395 g/mol. The minimum Gasteiger partial charge on any atom is -0.486 e. The van der Waals surface area contributed by atoms with Crippen molar-refractivity contribution in [3.8, 4) is 17.2 Å². The number of carbonyl (C=O) groups excluding carboxylic acids is 1. The Kier molecular flexibility index (Phi) is 5.53. The van der Waals surface area contributed by atoms with Gasteiger partial charge in [-0.2, -0.15) is 5.10 Å². The van der Waals surface area contributed by atoms with E-state index >= 15 is 0 Å². The lowest BCUT2D eigenvalue weighted by Crippen LogP contribution is -2.27. The first kappa shape index (κ1) is 18.4. The van der Waals surface area contributed by atoms with Gasteiger partial charge in [0.25, 0.3) is 0 Å². The zero-order valence-corrected chi connectivity index (χ0v) is 16.4. The largest absolute Gasteiger partial charge is 0.486 e. The number of aromatic nitrogens is 2. The van der Waals surface area contributed by atoms with Gasteiger partial charge in [0.15, 0.2) is 11.5 Å². The second-order valence-electron chi connectivity index (χ2n) is 6.47. The summed E-state index contributed by atoms with van der Waals surface area (Å²) in [7, 11) is 1.81. The molecule has 1 aliphatic heterocycles. The van der Waals surface area contributed by atoms with E-state index in [-0.39, 0.29) is 5.91 Å². The van der Waals surface area contributed by atoms with E-state index in [0.717, 1.165) is 27.6 Å². The molecule has 0 saturated heterocycles. The highest BCUT2D eigenvalue weighted by atomic mass is 32.2. The zero-order valence-electron chi connectivity index (χ0n) is 15.6. The number of hydrogen-bond acceptors (Lipinski definition) is 5. The topological polar surface area (TPSA) is 56.6 Å². The van der Waals surface area contributed by atoms with Crippen LogP contribution < -0.4 is 9.47 Å². The lowest BCUT2D eigenvalue weighted by Gasteiger charge is -2.19. The van der Waals surface area contributed by atoms with Crippen LogP contribution in [-0.4, -0.2) is 46.6 Å². The van der Waals surface area contributed by atoms with Crippen molar-refractivity contribution in [2.75, 3.05) is 26.0 Å². The van der Waals surface area contributed by atoms with Crippen molar-refractivity contribution in [3.63, 3.8) is 0 Å². The summed E-state index contributed by atoms with van der Waals surface area (Å²) in [5.74, 6) is 1.93. The molecule has 3 aromatic rings. The monoisotopic (exact) mass is 395 g/mol. The third-order valence-electron chi connectivity index (χ3n) is 4.38. The smallest absolute Gasteiger partial charge is 0.232 e. The molecule has 4 rings (SSSR count). The van der Waals surface area contributed by atoms with Crippen molar-refractivity contribution in [3.05, 3.63) is 66.5 Å². The lowest BCUT2D eigenvalue weighted by molar-refractivity contribution is -0.127. The highest BCUT2D eigenvalue weighted by Crippen LogP contribution is 2.34. The molecule has 0 bridgehead atoms. The van der Waals surface area contributed by atoms with Gasteiger partial charge in [0, 0.05) is 30.2 Å². The number of rotatable bonds is 6. The molecule has 0 radical (unpaired) electrons. The Morgan fingerprint density at radius 3 is 2.75 bits per heavy atom. The molecule has 0 unspecified atom stereocenters. The molecule has 1 amide bonds. The normalized spacial score (nSPS) is 12.6. The van der Waals surface area contributed by atoms with E-state index in [1.165, 1.54) is 11.8 Å². The Hall–Kier alpha value is -2.93. The first-order chi connectivity index (χ1) is 13.7. The number of thioether (sulfide) groups is 1. The maximum absolute atomic E-state index is 12.5. The molecule has 1 aromatic heterocycles. The van der Waals surface area contributed by atoms with Crippen LogP contribution in [0.1, 0.15) is 5.56 Å². The standard InChI is InChI=1S/C21H21N3O3S/c1-23(13-16-12-22-24(14-16)17-5-3-2-4-6-17)21(25)15-28-18-7-8-19-20(11-18)27-10-9-26-19/h2-8,11-12,14H,9-10,13,15H2,1H3. The van der Waals surface area contributed by atoms with E-state index in [0.29, 0.717) is 25.5 Å². The molecule has 2 aromatic carbocycles. The Bertz CT molecular complexity index is 959. The van der Waals surface area contributed by atoms with E-state index in [1.54, 1.807) is 11.1 Å². The SMILES string of the molecule is CN(Cc1cnn(-c2ccccc2)c1)C(=O)CSc1ccc2c(c1)OCCO2. The van der Waals surface area contributed by atoms with Gasteiger partial charge in [-0.15, -0.1) is 11.8 Å². The number of benzene rings is 2. The Morgan fingerprint density at radius 2 is 1.93 bits per heavy atom. The molecular formula is C21H21N3O3S. The summed E-state index contributed by atoms with van der Waals surface area (Å²) in [4.78, 5) is 15.2. The molecule has 6 nitrogen and oxygen atoms in total. The summed E-state index contributed by atoms with van der Waals surface area (Å²) < 4.78 is 12.9. The number of ether oxygens (including phenoxy) is 2. The summed E-state index contributed by atoms with van der Waals surface area (Å²) in [6.45, 7) is 1.65. The molecule has 2 heterocycles. The second-order valence-corrected chi connectivity index (χ2v) is 7.52. The number of hydrogen-bond donors (Lipinski definition) is 0. The van der Waals surface area contributed by atoms with Gasteiger partial charge < -0.3 is 14.4 Å². The van der Waals surface area contributed by atoms with E-state index in [2.05, 4.69) is 5.10 Å². The van der Waals surface area contributed by atoms with Crippen molar-refractivity contribution < 1.29 is 14.3 Å². The van der Waals surface area contributed by atoms with Crippen LogP contribution in [-0.2, 0) is 11.3 Å². The number of fused-ring (bicyclic) bond motifs is 1. The summed E-state index contributed by atoms with van der Waals surface area (Å²) in [6.07, 6.45) is 3.75. The van der Waals surface area contributed by atoms with Crippen LogP contribution in [0.5, 0.6) is 11.5 Å². The molecular weight excluding hydrogens is 374 g/mol. The maximum atomic E-state index is 12.5. The average Bonchev–Trinajstić information content (AvgIpc) is 3.21. The lowest BCUT2D eigenvalue weighted by atomic mass is 10.3. The van der Waals surface area contributed by atoms with Crippen molar-refractivity contribution in [2.24, 2.45) is 0 Å². The predicted octanol–water partition coefficient (Wildman–Crippen LogP) is 3.39. The second kappa shape index (κ2) is 8.39. The van der Waals surface area contributed by atoms with Gasteiger partial charge in [-0.05, 0) is 30.3 Å². The van der Waals surface area contributed by atoms with Crippen molar-refractivity contribution in [2.45, 2.75) is 11.4 Å². The molecule has 7 heteroatoms. The highest BCUT2D eigenvalue weighted by Gasteiger charge is 2.14. The minimum atomic E-state index is 0.0624.